The van der Waals surface area contributed by atoms with E-state index in [1.807, 2.05) is 0 Å². The van der Waals surface area contributed by atoms with Gasteiger partial charge < -0.3 is 10.4 Å². The minimum atomic E-state index is -5.08. The van der Waals surface area contributed by atoms with E-state index < -0.39 is 12.1 Å². The molecule has 2 N–H and O–H groups in total. The predicted octanol–water partition coefficient (Wildman–Crippen LogP) is 1.14. The Morgan fingerprint density at radius 2 is 1.95 bits per heavy atom. The minimum Gasteiger partial charge on any atom is -0.475 e. The molecule has 1 aromatic rings. The fourth-order valence-electron chi connectivity index (χ4n) is 1.55. The van der Waals surface area contributed by atoms with E-state index in [9.17, 15) is 13.2 Å². The highest BCUT2D eigenvalue weighted by molar-refractivity contribution is 5.73. The number of rotatable bonds is 1. The molecule has 0 aromatic carbocycles. The van der Waals surface area contributed by atoms with Gasteiger partial charge in [0.25, 0.3) is 0 Å². The van der Waals surface area contributed by atoms with E-state index in [2.05, 4.69) is 41.5 Å². The van der Waals surface area contributed by atoms with Crippen molar-refractivity contribution in [1.29, 1.82) is 0 Å². The van der Waals surface area contributed by atoms with Crippen LogP contribution in [-0.2, 0) is 10.3 Å². The van der Waals surface area contributed by atoms with Gasteiger partial charge in [-0.2, -0.15) is 18.0 Å². The lowest BCUT2D eigenvalue weighted by Gasteiger charge is -2.15. The molecular formula is C11H18F3N5O2. The van der Waals surface area contributed by atoms with Crippen molar-refractivity contribution in [2.45, 2.75) is 44.8 Å². The third-order valence-electron chi connectivity index (χ3n) is 2.70. The molecule has 120 valence electrons. The fourth-order valence-corrected chi connectivity index (χ4v) is 1.55. The SMILES string of the molecule is CC(C)(C)n1nnc(C2CCNC2)n1.O=C(O)C(F)(F)F. The van der Waals surface area contributed by atoms with Crippen molar-refractivity contribution >= 4 is 5.97 Å². The number of carboxylic acids is 1. The van der Waals surface area contributed by atoms with Gasteiger partial charge in [-0.1, -0.05) is 0 Å². The number of halogens is 3. The topological polar surface area (TPSA) is 92.9 Å². The number of nitrogens with one attached hydrogen (secondary N) is 1. The number of hydrogen-bond donors (Lipinski definition) is 2. The Bertz CT molecular complexity index is 475. The molecule has 0 aliphatic carbocycles. The maximum absolute atomic E-state index is 10.6. The van der Waals surface area contributed by atoms with Gasteiger partial charge in [0.2, 0.25) is 0 Å². The Balaban J connectivity index is 0.000000270. The molecular weight excluding hydrogens is 291 g/mol. The molecule has 2 rings (SSSR count). The molecule has 21 heavy (non-hydrogen) atoms. The molecule has 1 saturated heterocycles. The number of tetrazole rings is 1. The van der Waals surface area contributed by atoms with E-state index in [0.29, 0.717) is 5.92 Å². The van der Waals surface area contributed by atoms with Gasteiger partial charge in [-0.15, -0.1) is 10.2 Å². The summed E-state index contributed by atoms with van der Waals surface area (Å²) < 4.78 is 31.7. The molecule has 0 spiro atoms. The smallest absolute Gasteiger partial charge is 0.475 e. The molecule has 1 unspecified atom stereocenters. The molecule has 10 heteroatoms. The molecule has 2 heterocycles. The second-order valence-electron chi connectivity index (χ2n) is 5.60. The Morgan fingerprint density at radius 3 is 2.29 bits per heavy atom. The maximum Gasteiger partial charge on any atom is 0.490 e. The normalized spacial score (nSPS) is 19.0. The Labute approximate surface area is 119 Å². The largest absolute Gasteiger partial charge is 0.490 e. The van der Waals surface area contributed by atoms with E-state index in [1.165, 1.54) is 0 Å². The highest BCUT2D eigenvalue weighted by atomic mass is 19.4. The van der Waals surface area contributed by atoms with Crippen LogP contribution in [0.4, 0.5) is 13.2 Å². The summed E-state index contributed by atoms with van der Waals surface area (Å²) in [7, 11) is 0. The average Bonchev–Trinajstić information content (AvgIpc) is 2.98. The Morgan fingerprint density at radius 1 is 1.38 bits per heavy atom. The van der Waals surface area contributed by atoms with Crippen LogP contribution in [0.1, 0.15) is 38.9 Å². The highest BCUT2D eigenvalue weighted by Gasteiger charge is 2.38. The molecule has 0 bridgehead atoms. The lowest BCUT2D eigenvalue weighted by Crippen LogP contribution is -2.25. The first-order valence-electron chi connectivity index (χ1n) is 6.33. The first-order valence-corrected chi connectivity index (χ1v) is 6.33. The summed E-state index contributed by atoms with van der Waals surface area (Å²) in [4.78, 5) is 10.6. The molecule has 1 fully saturated rings. The van der Waals surface area contributed by atoms with Crippen molar-refractivity contribution < 1.29 is 23.1 Å². The van der Waals surface area contributed by atoms with Gasteiger partial charge in [-0.3, -0.25) is 0 Å². The van der Waals surface area contributed by atoms with Gasteiger partial charge in [-0.05, 0) is 39.0 Å². The van der Waals surface area contributed by atoms with Gasteiger partial charge >= 0.3 is 12.1 Å². The summed E-state index contributed by atoms with van der Waals surface area (Å²) in [5, 5.41) is 23.0. The first kappa shape index (κ1) is 17.3. The Hall–Kier alpha value is -1.71. The lowest BCUT2D eigenvalue weighted by atomic mass is 10.1. The number of nitrogens with zero attached hydrogens (tertiary/aromatic N) is 4. The lowest BCUT2D eigenvalue weighted by molar-refractivity contribution is -0.192. The molecule has 7 nitrogen and oxygen atoms in total. The summed E-state index contributed by atoms with van der Waals surface area (Å²) in [6.45, 7) is 8.27. The van der Waals surface area contributed by atoms with Gasteiger partial charge in [0.1, 0.15) is 0 Å². The number of carboxylic acid groups (broad SMARTS) is 1. The molecule has 0 saturated carbocycles. The van der Waals surface area contributed by atoms with Crippen molar-refractivity contribution in [3.8, 4) is 0 Å². The van der Waals surface area contributed by atoms with Crippen LogP contribution >= 0.6 is 0 Å². The van der Waals surface area contributed by atoms with E-state index in [0.717, 1.165) is 25.3 Å². The summed E-state index contributed by atoms with van der Waals surface area (Å²) in [5.41, 5.74) is -0.0721. The van der Waals surface area contributed by atoms with Crippen LogP contribution in [-0.4, -0.2) is 50.5 Å². The van der Waals surface area contributed by atoms with Gasteiger partial charge in [-0.25, -0.2) is 4.79 Å². The van der Waals surface area contributed by atoms with Crippen LogP contribution in [0.3, 0.4) is 0 Å². The number of aromatic nitrogens is 4. The minimum absolute atomic E-state index is 0.0721. The van der Waals surface area contributed by atoms with Crippen molar-refractivity contribution in [2.24, 2.45) is 0 Å². The third kappa shape index (κ3) is 5.29. The fraction of sp³-hybridized carbons (Fsp3) is 0.818. The van der Waals surface area contributed by atoms with Crippen LogP contribution in [0.5, 0.6) is 0 Å². The third-order valence-corrected chi connectivity index (χ3v) is 2.70. The van der Waals surface area contributed by atoms with E-state index >= 15 is 0 Å². The maximum atomic E-state index is 10.6. The van der Waals surface area contributed by atoms with Crippen LogP contribution in [0.2, 0.25) is 0 Å². The zero-order valence-electron chi connectivity index (χ0n) is 12.0. The molecule has 1 aliphatic heterocycles. The van der Waals surface area contributed by atoms with E-state index in [-0.39, 0.29) is 5.54 Å². The predicted molar refractivity (Wildman–Crippen MR) is 66.7 cm³/mol. The van der Waals surface area contributed by atoms with Gasteiger partial charge in [0.05, 0.1) is 5.54 Å². The summed E-state index contributed by atoms with van der Waals surface area (Å²) in [6.07, 6.45) is -3.96. The second-order valence-corrected chi connectivity index (χ2v) is 5.60. The van der Waals surface area contributed by atoms with Crippen molar-refractivity contribution in [1.82, 2.24) is 25.5 Å². The molecule has 0 amide bonds. The highest BCUT2D eigenvalue weighted by Crippen LogP contribution is 2.19. The molecule has 0 radical (unpaired) electrons. The van der Waals surface area contributed by atoms with Crippen molar-refractivity contribution in [3.05, 3.63) is 5.82 Å². The van der Waals surface area contributed by atoms with Gasteiger partial charge in [0, 0.05) is 12.5 Å². The number of hydrogen-bond acceptors (Lipinski definition) is 5. The number of carbonyl (C=O) groups is 1. The van der Waals surface area contributed by atoms with Crippen LogP contribution < -0.4 is 5.32 Å². The quantitative estimate of drug-likeness (QED) is 0.808. The van der Waals surface area contributed by atoms with Crippen molar-refractivity contribution in [3.63, 3.8) is 0 Å². The van der Waals surface area contributed by atoms with Gasteiger partial charge in [0.15, 0.2) is 5.82 Å². The van der Waals surface area contributed by atoms with Crippen LogP contribution in [0.25, 0.3) is 0 Å². The Kier molecular flexibility index (Phi) is 5.26. The molecule has 1 aliphatic rings. The second kappa shape index (κ2) is 6.37. The first-order chi connectivity index (χ1) is 9.51. The summed E-state index contributed by atoms with van der Waals surface area (Å²) in [6, 6.07) is 0. The van der Waals surface area contributed by atoms with Crippen LogP contribution in [0, 0.1) is 0 Å². The molecule has 1 aromatic heterocycles. The average molecular weight is 309 g/mol. The number of alkyl halides is 3. The standard InChI is InChI=1S/C9H17N5.C2HF3O2/c1-9(2,3)14-12-8(11-13-14)7-4-5-10-6-7;3-2(4,5)1(6)7/h7,10H,4-6H2,1-3H3;(H,6,7). The molecule has 1 atom stereocenters. The zero-order chi connectivity index (χ0) is 16.3. The van der Waals surface area contributed by atoms with Crippen molar-refractivity contribution in [2.75, 3.05) is 13.1 Å². The van der Waals surface area contributed by atoms with E-state index in [4.69, 9.17) is 9.90 Å². The summed E-state index contributed by atoms with van der Waals surface area (Å²) >= 11 is 0. The summed E-state index contributed by atoms with van der Waals surface area (Å²) in [5.74, 6) is -1.43. The number of aliphatic carboxylic acids is 1. The zero-order valence-corrected chi connectivity index (χ0v) is 12.0. The van der Waals surface area contributed by atoms with Crippen LogP contribution in [0.15, 0.2) is 0 Å². The van der Waals surface area contributed by atoms with E-state index in [1.54, 1.807) is 4.80 Å². The monoisotopic (exact) mass is 309 g/mol.